The van der Waals surface area contributed by atoms with Crippen LogP contribution in [0.3, 0.4) is 0 Å². The molecule has 0 N–H and O–H groups in total. The molecule has 18 heavy (non-hydrogen) atoms. The van der Waals surface area contributed by atoms with Gasteiger partial charge in [-0.1, -0.05) is 18.2 Å². The lowest BCUT2D eigenvalue weighted by atomic mass is 9.97. The van der Waals surface area contributed by atoms with E-state index in [0.717, 1.165) is 5.56 Å². The van der Waals surface area contributed by atoms with Gasteiger partial charge in [-0.3, -0.25) is 9.69 Å². The van der Waals surface area contributed by atoms with Gasteiger partial charge in [0.2, 0.25) is 0 Å². The highest BCUT2D eigenvalue weighted by Crippen LogP contribution is 2.34. The van der Waals surface area contributed by atoms with E-state index in [0.29, 0.717) is 32.1 Å². The molecule has 1 unspecified atom stereocenters. The Morgan fingerprint density at radius 2 is 1.83 bits per heavy atom. The minimum atomic E-state index is -0.773. The second-order valence-electron chi connectivity index (χ2n) is 4.34. The molecule has 1 aromatic rings. The number of nitrogens with zero attached hydrogens (tertiary/aromatic N) is 1. The smallest absolute Gasteiger partial charge is 0.382 e. The Morgan fingerprint density at radius 1 is 1.11 bits per heavy atom. The first-order chi connectivity index (χ1) is 8.77. The van der Waals surface area contributed by atoms with E-state index in [-0.39, 0.29) is 0 Å². The molecule has 0 spiro atoms. The highest BCUT2D eigenvalue weighted by molar-refractivity contribution is 6.37. The molecule has 2 aliphatic rings. The molecule has 5 heteroatoms. The van der Waals surface area contributed by atoms with Crippen molar-refractivity contribution >= 4 is 11.8 Å². The van der Waals surface area contributed by atoms with Crippen molar-refractivity contribution in [2.75, 3.05) is 26.3 Å². The number of rotatable bonds is 1. The fourth-order valence-electron chi connectivity index (χ4n) is 2.40. The maximum atomic E-state index is 12.0. The molecule has 0 radical (unpaired) electrons. The predicted molar refractivity (Wildman–Crippen MR) is 62.2 cm³/mol. The largest absolute Gasteiger partial charge is 0.420 e. The predicted octanol–water partition coefficient (Wildman–Crippen LogP) is 0.548. The van der Waals surface area contributed by atoms with Gasteiger partial charge in [-0.05, 0) is 6.07 Å². The number of morpholine rings is 1. The first kappa shape index (κ1) is 11.4. The lowest BCUT2D eigenvalue weighted by Crippen LogP contribution is -2.46. The Bertz CT molecular complexity index is 494. The van der Waals surface area contributed by atoms with Crippen molar-refractivity contribution in [2.45, 2.75) is 6.04 Å². The third-order valence-corrected chi connectivity index (χ3v) is 3.28. The van der Waals surface area contributed by atoms with Crippen molar-refractivity contribution in [2.24, 2.45) is 0 Å². The van der Waals surface area contributed by atoms with E-state index in [2.05, 4.69) is 0 Å². The molecule has 1 aromatic carbocycles. The van der Waals surface area contributed by atoms with Crippen LogP contribution < -0.4 is 4.74 Å². The van der Waals surface area contributed by atoms with Gasteiger partial charge >= 0.3 is 5.97 Å². The average Bonchev–Trinajstić information content (AvgIpc) is 2.41. The molecule has 0 saturated carbocycles. The quantitative estimate of drug-likeness (QED) is 0.412. The van der Waals surface area contributed by atoms with E-state index in [1.165, 1.54) is 0 Å². The molecular weight excluding hydrogens is 234 g/mol. The molecule has 0 aliphatic carbocycles. The minimum Gasteiger partial charge on any atom is -0.420 e. The summed E-state index contributed by atoms with van der Waals surface area (Å²) in [6.45, 7) is 2.47. The van der Waals surface area contributed by atoms with Crippen LogP contribution in [0.25, 0.3) is 0 Å². The van der Waals surface area contributed by atoms with Gasteiger partial charge in [0, 0.05) is 18.7 Å². The number of benzene rings is 1. The number of ketones is 1. The molecule has 0 amide bonds. The standard InChI is InChI=1S/C13H13NO4/c15-12-11(14-5-7-17-8-6-14)9-3-1-2-4-10(9)18-13(12)16/h1-4,11H,5-8H2. The summed E-state index contributed by atoms with van der Waals surface area (Å²) in [5, 5.41) is 0. The van der Waals surface area contributed by atoms with Gasteiger partial charge in [0.1, 0.15) is 11.8 Å². The van der Waals surface area contributed by atoms with Crippen LogP contribution in [0.5, 0.6) is 5.75 Å². The Kier molecular flexibility index (Phi) is 2.85. The van der Waals surface area contributed by atoms with E-state index >= 15 is 0 Å². The minimum absolute atomic E-state index is 0.485. The molecule has 2 aliphatic heterocycles. The van der Waals surface area contributed by atoms with Gasteiger partial charge < -0.3 is 9.47 Å². The van der Waals surface area contributed by atoms with Crippen LogP contribution >= 0.6 is 0 Å². The Labute approximate surface area is 104 Å². The third kappa shape index (κ3) is 1.81. The van der Waals surface area contributed by atoms with E-state index in [9.17, 15) is 9.59 Å². The summed E-state index contributed by atoms with van der Waals surface area (Å²) in [5.41, 5.74) is 0.768. The summed E-state index contributed by atoms with van der Waals surface area (Å²) in [4.78, 5) is 25.6. The van der Waals surface area contributed by atoms with Gasteiger partial charge in [-0.2, -0.15) is 0 Å². The van der Waals surface area contributed by atoms with E-state index < -0.39 is 17.8 Å². The lowest BCUT2D eigenvalue weighted by molar-refractivity contribution is -0.152. The molecule has 1 fully saturated rings. The summed E-state index contributed by atoms with van der Waals surface area (Å²) < 4.78 is 10.3. The lowest BCUT2D eigenvalue weighted by Gasteiger charge is -2.35. The molecule has 1 atom stereocenters. The van der Waals surface area contributed by atoms with Crippen LogP contribution in [0.15, 0.2) is 24.3 Å². The fourth-order valence-corrected chi connectivity index (χ4v) is 2.40. The van der Waals surface area contributed by atoms with Gasteiger partial charge in [0.15, 0.2) is 0 Å². The van der Waals surface area contributed by atoms with Crippen LogP contribution in [0.1, 0.15) is 11.6 Å². The summed E-state index contributed by atoms with van der Waals surface area (Å²) in [7, 11) is 0. The first-order valence-electron chi connectivity index (χ1n) is 5.94. The van der Waals surface area contributed by atoms with E-state index in [4.69, 9.17) is 9.47 Å². The second kappa shape index (κ2) is 4.51. The number of fused-ring (bicyclic) bond motifs is 1. The van der Waals surface area contributed by atoms with E-state index in [1.54, 1.807) is 12.1 Å². The SMILES string of the molecule is O=C1Oc2ccccc2C(N2CCOCC2)C1=O. The molecule has 1 saturated heterocycles. The van der Waals surface area contributed by atoms with Crippen molar-refractivity contribution in [3.8, 4) is 5.75 Å². The number of hydrogen-bond donors (Lipinski definition) is 0. The van der Waals surface area contributed by atoms with Crippen LogP contribution in [-0.4, -0.2) is 43.0 Å². The molecule has 2 heterocycles. The van der Waals surface area contributed by atoms with Crippen LogP contribution in [0.2, 0.25) is 0 Å². The zero-order valence-corrected chi connectivity index (χ0v) is 9.80. The number of Topliss-reactive ketones (excluding diaryl/α,β-unsaturated/α-hetero) is 1. The number of ether oxygens (including phenoxy) is 2. The highest BCUT2D eigenvalue weighted by Gasteiger charge is 2.39. The molecule has 5 nitrogen and oxygen atoms in total. The molecule has 94 valence electrons. The Morgan fingerprint density at radius 3 is 2.61 bits per heavy atom. The van der Waals surface area contributed by atoms with Crippen LogP contribution in [0, 0.1) is 0 Å². The maximum Gasteiger partial charge on any atom is 0.382 e. The number of carbonyl (C=O) groups excluding carboxylic acids is 2. The number of esters is 1. The van der Waals surface area contributed by atoms with Gasteiger partial charge in [-0.25, -0.2) is 4.79 Å². The number of carbonyl (C=O) groups is 2. The molecular formula is C13H13NO4. The average molecular weight is 247 g/mol. The van der Waals surface area contributed by atoms with Gasteiger partial charge in [-0.15, -0.1) is 0 Å². The fraction of sp³-hybridized carbons (Fsp3) is 0.385. The summed E-state index contributed by atoms with van der Waals surface area (Å²) in [6.07, 6.45) is 0. The van der Waals surface area contributed by atoms with Crippen molar-refractivity contribution in [3.05, 3.63) is 29.8 Å². The van der Waals surface area contributed by atoms with Crippen LogP contribution in [0.4, 0.5) is 0 Å². The van der Waals surface area contributed by atoms with Gasteiger partial charge in [0.25, 0.3) is 5.78 Å². The van der Waals surface area contributed by atoms with E-state index in [1.807, 2.05) is 17.0 Å². The Balaban J connectivity index is 2.00. The topological polar surface area (TPSA) is 55.8 Å². The normalized spacial score (nSPS) is 24.6. The molecule has 0 bridgehead atoms. The monoisotopic (exact) mass is 247 g/mol. The summed E-state index contributed by atoms with van der Waals surface area (Å²) >= 11 is 0. The number of hydrogen-bond acceptors (Lipinski definition) is 5. The van der Waals surface area contributed by atoms with Crippen LogP contribution in [-0.2, 0) is 14.3 Å². The van der Waals surface area contributed by atoms with Crippen molar-refractivity contribution in [1.82, 2.24) is 4.90 Å². The maximum absolute atomic E-state index is 12.0. The van der Waals surface area contributed by atoms with Gasteiger partial charge in [0.05, 0.1) is 13.2 Å². The van der Waals surface area contributed by atoms with Crippen molar-refractivity contribution in [1.29, 1.82) is 0 Å². The zero-order valence-electron chi connectivity index (χ0n) is 9.80. The number of para-hydroxylation sites is 1. The molecule has 3 rings (SSSR count). The zero-order chi connectivity index (χ0) is 12.5. The first-order valence-corrected chi connectivity index (χ1v) is 5.94. The molecule has 0 aromatic heterocycles. The highest BCUT2D eigenvalue weighted by atomic mass is 16.5. The van der Waals surface area contributed by atoms with Crippen molar-refractivity contribution < 1.29 is 19.1 Å². The summed E-state index contributed by atoms with van der Waals surface area (Å²) in [5.74, 6) is -0.778. The second-order valence-corrected chi connectivity index (χ2v) is 4.34. The Hall–Kier alpha value is -1.72. The third-order valence-electron chi connectivity index (χ3n) is 3.28. The van der Waals surface area contributed by atoms with Crippen molar-refractivity contribution in [3.63, 3.8) is 0 Å². The summed E-state index contributed by atoms with van der Waals surface area (Å²) in [6, 6.07) is 6.66.